The topological polar surface area (TPSA) is 68.8 Å². The lowest BCUT2D eigenvalue weighted by molar-refractivity contribution is 0.0786. The van der Waals surface area contributed by atoms with Gasteiger partial charge in [0.2, 0.25) is 0 Å². The average Bonchev–Trinajstić information content (AvgIpc) is 3.56. The summed E-state index contributed by atoms with van der Waals surface area (Å²) in [6, 6.07) is 16.0. The van der Waals surface area contributed by atoms with Crippen molar-refractivity contribution in [3.63, 3.8) is 0 Å². The molecule has 4 aromatic heterocycles. The van der Waals surface area contributed by atoms with Crippen LogP contribution in [0, 0.1) is 20.8 Å². The summed E-state index contributed by atoms with van der Waals surface area (Å²) in [5.41, 5.74) is 6.15. The highest BCUT2D eigenvalue weighted by molar-refractivity contribution is 7.09. The van der Waals surface area contributed by atoms with Crippen molar-refractivity contribution < 1.29 is 4.79 Å². The van der Waals surface area contributed by atoms with Gasteiger partial charge in [0.1, 0.15) is 0 Å². The third kappa shape index (κ3) is 4.01. The minimum atomic E-state index is -0.0579. The Balaban J connectivity index is 1.45. The van der Waals surface area contributed by atoms with Crippen molar-refractivity contribution in [2.45, 2.75) is 33.9 Å². The standard InChI is InChI=1S/C26H26N6OS/c1-17-13-22(23-14-27-31(25(23)28-17)15-21-11-8-12-34-21)26(33)30(4)16-24-18(2)29-32(19(24)3)20-9-6-5-7-10-20/h5-14H,15-16H2,1-4H3. The Morgan fingerprint density at radius 3 is 2.62 bits per heavy atom. The van der Waals surface area contributed by atoms with Crippen molar-refractivity contribution in [2.75, 3.05) is 7.05 Å². The number of hydrogen-bond acceptors (Lipinski definition) is 5. The van der Waals surface area contributed by atoms with Crippen molar-refractivity contribution in [3.05, 3.63) is 93.2 Å². The molecule has 5 aromatic rings. The number of fused-ring (bicyclic) bond motifs is 1. The van der Waals surface area contributed by atoms with Crippen LogP contribution in [0.2, 0.25) is 0 Å². The van der Waals surface area contributed by atoms with E-state index in [0.717, 1.165) is 39.4 Å². The van der Waals surface area contributed by atoms with Crippen LogP contribution in [0.25, 0.3) is 16.7 Å². The molecule has 1 aromatic carbocycles. The molecule has 0 spiro atoms. The summed E-state index contributed by atoms with van der Waals surface area (Å²) >= 11 is 1.68. The number of hydrogen-bond donors (Lipinski definition) is 0. The highest BCUT2D eigenvalue weighted by Gasteiger charge is 2.22. The molecule has 0 unspecified atom stereocenters. The molecule has 0 saturated carbocycles. The molecule has 0 atom stereocenters. The molecule has 0 aliphatic carbocycles. The summed E-state index contributed by atoms with van der Waals surface area (Å²) < 4.78 is 3.80. The normalized spacial score (nSPS) is 11.3. The Kier molecular flexibility index (Phi) is 5.75. The predicted octanol–water partition coefficient (Wildman–Crippen LogP) is 4.92. The second kappa shape index (κ2) is 8.87. The number of aromatic nitrogens is 5. The SMILES string of the molecule is Cc1cc(C(=O)N(C)Cc2c(C)nn(-c3ccccc3)c2C)c2cnn(Cc3cccs3)c2n1. The molecule has 0 aliphatic heterocycles. The fourth-order valence-corrected chi connectivity index (χ4v) is 4.94. The van der Waals surface area contributed by atoms with Crippen LogP contribution in [0.4, 0.5) is 0 Å². The van der Waals surface area contributed by atoms with Crippen molar-refractivity contribution in [2.24, 2.45) is 0 Å². The number of thiophene rings is 1. The number of rotatable bonds is 6. The third-order valence-corrected chi connectivity index (χ3v) is 6.90. The van der Waals surface area contributed by atoms with Crippen LogP contribution >= 0.6 is 11.3 Å². The van der Waals surface area contributed by atoms with Gasteiger partial charge in [-0.1, -0.05) is 24.3 Å². The monoisotopic (exact) mass is 470 g/mol. The molecule has 0 fully saturated rings. The number of pyridine rings is 1. The van der Waals surface area contributed by atoms with E-state index in [-0.39, 0.29) is 5.91 Å². The van der Waals surface area contributed by atoms with Crippen molar-refractivity contribution in [3.8, 4) is 5.69 Å². The van der Waals surface area contributed by atoms with Gasteiger partial charge in [-0.25, -0.2) is 14.3 Å². The Morgan fingerprint density at radius 2 is 1.88 bits per heavy atom. The van der Waals surface area contributed by atoms with Gasteiger partial charge >= 0.3 is 0 Å². The van der Waals surface area contributed by atoms with Gasteiger partial charge in [0.25, 0.3) is 5.91 Å². The third-order valence-electron chi connectivity index (χ3n) is 6.04. The van der Waals surface area contributed by atoms with Gasteiger partial charge in [0, 0.05) is 35.4 Å². The molecule has 7 nitrogen and oxygen atoms in total. The molecule has 1 amide bonds. The molecule has 0 saturated heterocycles. The summed E-state index contributed by atoms with van der Waals surface area (Å²) in [7, 11) is 1.83. The van der Waals surface area contributed by atoms with Crippen LogP contribution in [0.5, 0.6) is 0 Å². The lowest BCUT2D eigenvalue weighted by atomic mass is 10.1. The molecule has 34 heavy (non-hydrogen) atoms. The van der Waals surface area contributed by atoms with Crippen LogP contribution in [0.1, 0.15) is 37.9 Å². The predicted molar refractivity (Wildman–Crippen MR) is 135 cm³/mol. The van der Waals surface area contributed by atoms with E-state index in [1.165, 1.54) is 4.88 Å². The van der Waals surface area contributed by atoms with Gasteiger partial charge in [0.05, 0.1) is 35.1 Å². The zero-order chi connectivity index (χ0) is 23.8. The molecule has 4 heterocycles. The Bertz CT molecular complexity index is 1470. The summed E-state index contributed by atoms with van der Waals surface area (Å²) in [4.78, 5) is 21.2. The maximum atomic E-state index is 13.6. The van der Waals surface area contributed by atoms with Crippen molar-refractivity contribution >= 4 is 28.3 Å². The highest BCUT2D eigenvalue weighted by atomic mass is 32.1. The first-order valence-corrected chi connectivity index (χ1v) is 12.0. The van der Waals surface area contributed by atoms with E-state index >= 15 is 0 Å². The van der Waals surface area contributed by atoms with Crippen molar-refractivity contribution in [1.82, 2.24) is 29.4 Å². The second-order valence-corrected chi connectivity index (χ2v) is 9.52. The summed E-state index contributed by atoms with van der Waals surface area (Å²) in [5.74, 6) is -0.0579. The van der Waals surface area contributed by atoms with E-state index in [9.17, 15) is 4.79 Å². The Morgan fingerprint density at radius 1 is 1.09 bits per heavy atom. The number of carbonyl (C=O) groups is 1. The Hall–Kier alpha value is -3.78. The number of benzene rings is 1. The molecular weight excluding hydrogens is 444 g/mol. The number of nitrogens with zero attached hydrogens (tertiary/aromatic N) is 6. The summed E-state index contributed by atoms with van der Waals surface area (Å²) in [6.45, 7) is 7.05. The molecule has 0 N–H and O–H groups in total. The highest BCUT2D eigenvalue weighted by Crippen LogP contribution is 2.24. The fraction of sp³-hybridized carbons (Fsp3) is 0.231. The molecule has 0 radical (unpaired) electrons. The minimum Gasteiger partial charge on any atom is -0.337 e. The first-order valence-electron chi connectivity index (χ1n) is 11.1. The van der Waals surface area contributed by atoms with E-state index in [1.54, 1.807) is 22.4 Å². The van der Waals surface area contributed by atoms with E-state index in [0.29, 0.717) is 18.7 Å². The number of aryl methyl sites for hydroxylation is 2. The zero-order valence-corrected chi connectivity index (χ0v) is 20.5. The van der Waals surface area contributed by atoms with Gasteiger partial charge in [-0.3, -0.25) is 4.79 Å². The molecule has 172 valence electrons. The first-order chi connectivity index (χ1) is 16.4. The summed E-state index contributed by atoms with van der Waals surface area (Å²) in [6.07, 6.45) is 1.75. The lowest BCUT2D eigenvalue weighted by Crippen LogP contribution is -2.27. The lowest BCUT2D eigenvalue weighted by Gasteiger charge is -2.18. The molecule has 0 bridgehead atoms. The van der Waals surface area contributed by atoms with Gasteiger partial charge in [-0.05, 0) is 50.4 Å². The van der Waals surface area contributed by atoms with Crippen LogP contribution in [-0.2, 0) is 13.1 Å². The summed E-state index contributed by atoms with van der Waals surface area (Å²) in [5, 5.41) is 12.1. The number of amides is 1. The Labute approximate surface area is 202 Å². The van der Waals surface area contributed by atoms with Crippen molar-refractivity contribution in [1.29, 1.82) is 0 Å². The van der Waals surface area contributed by atoms with Crippen LogP contribution in [-0.4, -0.2) is 42.4 Å². The molecule has 8 heteroatoms. The maximum Gasteiger partial charge on any atom is 0.254 e. The molecule has 5 rings (SSSR count). The van der Waals surface area contributed by atoms with E-state index in [2.05, 4.69) is 16.1 Å². The van der Waals surface area contributed by atoms with Crippen LogP contribution in [0.3, 0.4) is 0 Å². The van der Waals surface area contributed by atoms with Gasteiger partial charge in [0.15, 0.2) is 5.65 Å². The van der Waals surface area contributed by atoms with E-state index in [4.69, 9.17) is 5.10 Å². The minimum absolute atomic E-state index is 0.0579. The fourth-order valence-electron chi connectivity index (χ4n) is 4.25. The quantitative estimate of drug-likeness (QED) is 0.353. The largest absolute Gasteiger partial charge is 0.337 e. The van der Waals surface area contributed by atoms with E-state index in [1.807, 2.05) is 85.0 Å². The molecule has 0 aliphatic rings. The molecular formula is C26H26N6OS. The number of para-hydroxylation sites is 1. The average molecular weight is 471 g/mol. The van der Waals surface area contributed by atoms with E-state index < -0.39 is 0 Å². The second-order valence-electron chi connectivity index (χ2n) is 8.49. The van der Waals surface area contributed by atoms with Gasteiger partial charge in [-0.2, -0.15) is 10.2 Å². The van der Waals surface area contributed by atoms with Gasteiger partial charge in [-0.15, -0.1) is 11.3 Å². The van der Waals surface area contributed by atoms with Crippen LogP contribution < -0.4 is 0 Å². The van der Waals surface area contributed by atoms with Crippen LogP contribution in [0.15, 0.2) is 60.1 Å². The smallest absolute Gasteiger partial charge is 0.254 e. The van der Waals surface area contributed by atoms with Gasteiger partial charge < -0.3 is 4.90 Å². The number of carbonyl (C=O) groups excluding carboxylic acids is 1. The first kappa shape index (κ1) is 22.0. The maximum absolute atomic E-state index is 13.6. The zero-order valence-electron chi connectivity index (χ0n) is 19.7.